The van der Waals surface area contributed by atoms with Crippen molar-refractivity contribution < 1.29 is 19.4 Å². The average molecular weight is 340 g/mol. The van der Waals surface area contributed by atoms with E-state index in [9.17, 15) is 9.90 Å². The predicted octanol–water partition coefficient (Wildman–Crippen LogP) is 4.30. The number of hydrogen-bond donors (Lipinski definition) is 1. The SMILES string of the molecule is C=C(/C=C\C1C(C)=C1C1=C(C2C=CC(O)=CC2)C(=O)C(C)(C)O1)OC. The third-order valence-corrected chi connectivity index (χ3v) is 4.94. The van der Waals surface area contributed by atoms with Gasteiger partial charge in [-0.05, 0) is 45.4 Å². The summed E-state index contributed by atoms with van der Waals surface area (Å²) < 4.78 is 11.1. The fourth-order valence-electron chi connectivity index (χ4n) is 3.33. The molecule has 0 fully saturated rings. The fraction of sp³-hybridized carbons (Fsp3) is 0.381. The summed E-state index contributed by atoms with van der Waals surface area (Å²) in [5.41, 5.74) is 2.11. The van der Waals surface area contributed by atoms with E-state index in [1.165, 1.54) is 5.57 Å². The van der Waals surface area contributed by atoms with Gasteiger partial charge < -0.3 is 14.6 Å². The van der Waals surface area contributed by atoms with Crippen LogP contribution in [0.5, 0.6) is 0 Å². The van der Waals surface area contributed by atoms with Gasteiger partial charge >= 0.3 is 0 Å². The Balaban J connectivity index is 1.91. The predicted molar refractivity (Wildman–Crippen MR) is 96.6 cm³/mol. The average Bonchev–Trinajstić information content (AvgIpc) is 3.15. The van der Waals surface area contributed by atoms with E-state index in [-0.39, 0.29) is 23.4 Å². The molecule has 4 heteroatoms. The molecule has 2 unspecified atom stereocenters. The standard InChI is InChI=1S/C21H24O4/c1-12(24-5)6-11-16-13(2)17(16)19-18(20(23)21(3,4)25-19)14-7-9-15(22)10-8-14/h6-7,9-11,14,16,22H,1,8H2,2-5H3/b11-6-. The molecule has 0 spiro atoms. The molecule has 0 amide bonds. The number of ketones is 1. The summed E-state index contributed by atoms with van der Waals surface area (Å²) in [6.07, 6.45) is 9.71. The van der Waals surface area contributed by atoms with Crippen molar-refractivity contribution in [1.82, 2.24) is 0 Å². The van der Waals surface area contributed by atoms with Gasteiger partial charge in [0, 0.05) is 23.0 Å². The van der Waals surface area contributed by atoms with Crippen LogP contribution in [0.15, 0.2) is 71.0 Å². The lowest BCUT2D eigenvalue weighted by Gasteiger charge is -2.18. The molecule has 0 bridgehead atoms. The Hall–Kier alpha value is -2.49. The van der Waals surface area contributed by atoms with Crippen molar-refractivity contribution in [1.29, 1.82) is 0 Å². The second-order valence-electron chi connectivity index (χ2n) is 7.12. The Morgan fingerprint density at radius 2 is 2.16 bits per heavy atom. The number of rotatable bonds is 5. The summed E-state index contributed by atoms with van der Waals surface area (Å²) in [6.45, 7) is 9.44. The fourth-order valence-corrected chi connectivity index (χ4v) is 3.33. The Labute approximate surface area is 148 Å². The molecule has 4 nitrogen and oxygen atoms in total. The van der Waals surface area contributed by atoms with Crippen molar-refractivity contribution in [3.05, 3.63) is 71.0 Å². The minimum atomic E-state index is -0.859. The first-order valence-corrected chi connectivity index (χ1v) is 8.43. The van der Waals surface area contributed by atoms with E-state index in [2.05, 4.69) is 6.58 Å². The summed E-state index contributed by atoms with van der Waals surface area (Å²) in [5, 5.41) is 9.56. The van der Waals surface area contributed by atoms with E-state index < -0.39 is 5.60 Å². The van der Waals surface area contributed by atoms with Crippen LogP contribution in [0.4, 0.5) is 0 Å². The van der Waals surface area contributed by atoms with Crippen molar-refractivity contribution in [2.45, 2.75) is 32.8 Å². The molecular weight excluding hydrogens is 316 g/mol. The third-order valence-electron chi connectivity index (χ3n) is 4.94. The molecule has 1 N–H and O–H groups in total. The number of ether oxygens (including phenoxy) is 2. The summed E-state index contributed by atoms with van der Waals surface area (Å²) in [4.78, 5) is 12.9. The number of carbonyl (C=O) groups is 1. The second-order valence-corrected chi connectivity index (χ2v) is 7.12. The lowest BCUT2D eigenvalue weighted by Crippen LogP contribution is -2.30. The number of Topliss-reactive ketones (excluding diaryl/α,β-unsaturated/α-hetero) is 1. The topological polar surface area (TPSA) is 55.8 Å². The number of hydrogen-bond acceptors (Lipinski definition) is 4. The molecule has 0 aromatic heterocycles. The normalized spacial score (nSPS) is 27.7. The number of carbonyl (C=O) groups excluding carboxylic acids is 1. The highest BCUT2D eigenvalue weighted by molar-refractivity contribution is 6.05. The first-order chi connectivity index (χ1) is 11.8. The number of allylic oxidation sites excluding steroid dienone is 7. The van der Waals surface area contributed by atoms with Crippen LogP contribution < -0.4 is 0 Å². The van der Waals surface area contributed by atoms with Gasteiger partial charge in [-0.15, -0.1) is 0 Å². The number of aliphatic hydroxyl groups is 1. The minimum Gasteiger partial charge on any atom is -0.508 e. The van der Waals surface area contributed by atoms with Crippen LogP contribution in [0.3, 0.4) is 0 Å². The van der Waals surface area contributed by atoms with Crippen LogP contribution in [0.25, 0.3) is 0 Å². The van der Waals surface area contributed by atoms with Crippen LogP contribution in [0.2, 0.25) is 0 Å². The summed E-state index contributed by atoms with van der Waals surface area (Å²) in [5.74, 6) is 1.63. The monoisotopic (exact) mass is 340 g/mol. The van der Waals surface area contributed by atoms with Crippen LogP contribution >= 0.6 is 0 Å². The molecule has 2 aliphatic carbocycles. The molecular formula is C21H24O4. The number of aliphatic hydroxyl groups excluding tert-OH is 1. The Morgan fingerprint density at radius 1 is 1.44 bits per heavy atom. The quantitative estimate of drug-likeness (QED) is 0.599. The second kappa shape index (κ2) is 6.10. The molecule has 132 valence electrons. The molecule has 1 heterocycles. The first-order valence-electron chi connectivity index (χ1n) is 8.43. The molecule has 3 rings (SSSR count). The van der Waals surface area contributed by atoms with Crippen LogP contribution in [0, 0.1) is 11.8 Å². The van der Waals surface area contributed by atoms with Crippen LogP contribution in [-0.4, -0.2) is 23.6 Å². The third kappa shape index (κ3) is 3.09. The Bertz CT molecular complexity index is 787. The van der Waals surface area contributed by atoms with Crippen molar-refractivity contribution in [3.8, 4) is 0 Å². The highest BCUT2D eigenvalue weighted by Crippen LogP contribution is 2.51. The van der Waals surface area contributed by atoms with E-state index in [0.717, 1.165) is 5.57 Å². The summed E-state index contributed by atoms with van der Waals surface area (Å²) >= 11 is 0. The van der Waals surface area contributed by atoms with Gasteiger partial charge in [0.05, 0.1) is 7.11 Å². The van der Waals surface area contributed by atoms with Crippen molar-refractivity contribution in [2.75, 3.05) is 7.11 Å². The van der Waals surface area contributed by atoms with E-state index >= 15 is 0 Å². The van der Waals surface area contributed by atoms with E-state index in [0.29, 0.717) is 23.5 Å². The van der Waals surface area contributed by atoms with Gasteiger partial charge in [0.1, 0.15) is 17.3 Å². The maximum Gasteiger partial charge on any atom is 0.206 e. The molecule has 0 radical (unpaired) electrons. The van der Waals surface area contributed by atoms with Gasteiger partial charge in [0.15, 0.2) is 5.60 Å². The smallest absolute Gasteiger partial charge is 0.206 e. The minimum absolute atomic E-state index is 0.0168. The summed E-state index contributed by atoms with van der Waals surface area (Å²) in [7, 11) is 1.58. The highest BCUT2D eigenvalue weighted by Gasteiger charge is 2.49. The Kier molecular flexibility index (Phi) is 4.23. The maximum absolute atomic E-state index is 12.9. The van der Waals surface area contributed by atoms with Gasteiger partial charge in [-0.2, -0.15) is 0 Å². The maximum atomic E-state index is 12.9. The van der Waals surface area contributed by atoms with Crippen molar-refractivity contribution in [2.24, 2.45) is 11.8 Å². The van der Waals surface area contributed by atoms with Gasteiger partial charge in [-0.1, -0.05) is 24.3 Å². The van der Waals surface area contributed by atoms with E-state index in [4.69, 9.17) is 9.47 Å². The van der Waals surface area contributed by atoms with Gasteiger partial charge in [-0.3, -0.25) is 4.79 Å². The van der Waals surface area contributed by atoms with Crippen molar-refractivity contribution >= 4 is 5.78 Å². The van der Waals surface area contributed by atoms with Crippen LogP contribution in [0.1, 0.15) is 27.2 Å². The van der Waals surface area contributed by atoms with Gasteiger partial charge in [0.2, 0.25) is 5.78 Å². The molecule has 3 aliphatic rings. The number of methoxy groups -OCH3 is 1. The molecule has 1 aliphatic heterocycles. The molecule has 0 saturated carbocycles. The highest BCUT2D eigenvalue weighted by atomic mass is 16.5. The van der Waals surface area contributed by atoms with E-state index in [1.54, 1.807) is 33.1 Å². The van der Waals surface area contributed by atoms with E-state index in [1.807, 2.05) is 25.2 Å². The van der Waals surface area contributed by atoms with Crippen LogP contribution in [-0.2, 0) is 14.3 Å². The van der Waals surface area contributed by atoms with Gasteiger partial charge in [0.25, 0.3) is 0 Å². The lowest BCUT2D eigenvalue weighted by atomic mass is 9.85. The molecule has 0 aromatic carbocycles. The lowest BCUT2D eigenvalue weighted by molar-refractivity contribution is -0.127. The zero-order valence-corrected chi connectivity index (χ0v) is 15.1. The van der Waals surface area contributed by atoms with Gasteiger partial charge in [-0.25, -0.2) is 0 Å². The largest absolute Gasteiger partial charge is 0.508 e. The Morgan fingerprint density at radius 3 is 2.76 bits per heavy atom. The molecule has 0 saturated heterocycles. The molecule has 0 aromatic rings. The first kappa shape index (κ1) is 17.3. The summed E-state index contributed by atoms with van der Waals surface area (Å²) in [6, 6.07) is 0. The zero-order chi connectivity index (χ0) is 18.4. The molecule has 2 atom stereocenters. The zero-order valence-electron chi connectivity index (χ0n) is 15.1. The molecule has 25 heavy (non-hydrogen) atoms. The van der Waals surface area contributed by atoms with Crippen molar-refractivity contribution in [3.63, 3.8) is 0 Å².